The SMILES string of the molecule is COC(O)C(O)C(O)C(O)C(C)CO. The molecule has 0 bridgehead atoms. The summed E-state index contributed by atoms with van der Waals surface area (Å²) in [4.78, 5) is 0. The summed E-state index contributed by atoms with van der Waals surface area (Å²) >= 11 is 0. The van der Waals surface area contributed by atoms with Crippen molar-refractivity contribution in [2.24, 2.45) is 5.92 Å². The predicted molar refractivity (Wildman–Crippen MR) is 47.3 cm³/mol. The van der Waals surface area contributed by atoms with E-state index in [1.807, 2.05) is 0 Å². The molecule has 0 aromatic rings. The predicted octanol–water partition coefficient (Wildman–Crippen LogP) is -2.34. The summed E-state index contributed by atoms with van der Waals surface area (Å²) in [6.07, 6.45) is -6.05. The van der Waals surface area contributed by atoms with E-state index in [1.54, 1.807) is 0 Å². The Balaban J connectivity index is 4.22. The molecule has 5 atom stereocenters. The highest BCUT2D eigenvalue weighted by Gasteiger charge is 2.32. The molecule has 0 saturated carbocycles. The molecule has 14 heavy (non-hydrogen) atoms. The monoisotopic (exact) mass is 210 g/mol. The minimum absolute atomic E-state index is 0.325. The van der Waals surface area contributed by atoms with Crippen LogP contribution in [0.15, 0.2) is 0 Å². The van der Waals surface area contributed by atoms with Crippen molar-refractivity contribution in [1.29, 1.82) is 0 Å². The fourth-order valence-electron chi connectivity index (χ4n) is 0.955. The normalized spacial score (nSPS) is 22.5. The average molecular weight is 210 g/mol. The van der Waals surface area contributed by atoms with Crippen molar-refractivity contribution in [1.82, 2.24) is 0 Å². The third kappa shape index (κ3) is 3.49. The van der Waals surface area contributed by atoms with E-state index in [9.17, 15) is 15.3 Å². The maximum absolute atomic E-state index is 9.36. The van der Waals surface area contributed by atoms with Crippen LogP contribution in [0.5, 0.6) is 0 Å². The van der Waals surface area contributed by atoms with Crippen LogP contribution < -0.4 is 0 Å². The topological polar surface area (TPSA) is 110 Å². The van der Waals surface area contributed by atoms with E-state index in [0.717, 1.165) is 7.11 Å². The first-order chi connectivity index (χ1) is 6.45. The zero-order valence-electron chi connectivity index (χ0n) is 8.24. The summed E-state index contributed by atoms with van der Waals surface area (Å²) in [7, 11) is 1.16. The van der Waals surface area contributed by atoms with Gasteiger partial charge in [-0.3, -0.25) is 0 Å². The van der Waals surface area contributed by atoms with Gasteiger partial charge in [-0.15, -0.1) is 0 Å². The molecular formula is C8H18O6. The molecular weight excluding hydrogens is 192 g/mol. The van der Waals surface area contributed by atoms with E-state index in [-0.39, 0.29) is 6.61 Å². The summed E-state index contributed by atoms with van der Waals surface area (Å²) in [5.41, 5.74) is 0. The van der Waals surface area contributed by atoms with Crippen molar-refractivity contribution in [2.75, 3.05) is 13.7 Å². The van der Waals surface area contributed by atoms with E-state index in [4.69, 9.17) is 10.2 Å². The highest BCUT2D eigenvalue weighted by Crippen LogP contribution is 2.12. The summed E-state index contributed by atoms with van der Waals surface area (Å²) in [6, 6.07) is 0. The zero-order chi connectivity index (χ0) is 11.3. The van der Waals surface area contributed by atoms with Crippen LogP contribution in [-0.4, -0.2) is 63.9 Å². The van der Waals surface area contributed by atoms with Gasteiger partial charge in [0.15, 0.2) is 6.29 Å². The Bertz CT molecular complexity index is 137. The Labute approximate surface area is 82.4 Å². The number of ether oxygens (including phenoxy) is 1. The summed E-state index contributed by atoms with van der Waals surface area (Å²) in [5, 5.41) is 45.6. The van der Waals surface area contributed by atoms with Gasteiger partial charge in [-0.25, -0.2) is 0 Å². The second kappa shape index (κ2) is 6.28. The molecule has 0 radical (unpaired) electrons. The van der Waals surface area contributed by atoms with Crippen molar-refractivity contribution in [3.63, 3.8) is 0 Å². The standard InChI is InChI=1S/C8H18O6/c1-4(3-9)5(10)6(11)7(12)8(13)14-2/h4-13H,3H2,1-2H3. The van der Waals surface area contributed by atoms with E-state index in [2.05, 4.69) is 4.74 Å². The van der Waals surface area contributed by atoms with Gasteiger partial charge in [-0.1, -0.05) is 6.92 Å². The molecule has 0 saturated heterocycles. The van der Waals surface area contributed by atoms with E-state index in [1.165, 1.54) is 6.92 Å². The quantitative estimate of drug-likeness (QED) is 0.314. The highest BCUT2D eigenvalue weighted by molar-refractivity contribution is 4.80. The van der Waals surface area contributed by atoms with Gasteiger partial charge in [-0.05, 0) is 0 Å². The molecule has 0 aliphatic heterocycles. The first kappa shape index (κ1) is 13.8. The molecule has 0 fully saturated rings. The first-order valence-corrected chi connectivity index (χ1v) is 4.31. The molecule has 0 aromatic carbocycles. The third-order valence-electron chi connectivity index (χ3n) is 2.10. The lowest BCUT2D eigenvalue weighted by Gasteiger charge is -2.28. The molecule has 6 nitrogen and oxygen atoms in total. The molecule has 6 heteroatoms. The van der Waals surface area contributed by atoms with Crippen LogP contribution in [0, 0.1) is 5.92 Å². The Morgan fingerprint density at radius 3 is 1.86 bits per heavy atom. The molecule has 0 aliphatic rings. The summed E-state index contributed by atoms with van der Waals surface area (Å²) < 4.78 is 4.37. The van der Waals surface area contributed by atoms with Crippen LogP contribution in [0.4, 0.5) is 0 Å². The minimum atomic E-state index is -1.61. The van der Waals surface area contributed by atoms with Crippen molar-refractivity contribution < 1.29 is 30.3 Å². The smallest absolute Gasteiger partial charge is 0.183 e. The van der Waals surface area contributed by atoms with Gasteiger partial charge in [0.1, 0.15) is 12.2 Å². The van der Waals surface area contributed by atoms with Gasteiger partial charge < -0.3 is 30.3 Å². The van der Waals surface area contributed by atoms with E-state index in [0.29, 0.717) is 0 Å². The fourth-order valence-corrected chi connectivity index (χ4v) is 0.955. The molecule has 5 unspecified atom stereocenters. The fraction of sp³-hybridized carbons (Fsp3) is 1.00. The lowest BCUT2D eigenvalue weighted by atomic mass is 9.97. The van der Waals surface area contributed by atoms with Crippen LogP contribution in [0.2, 0.25) is 0 Å². The molecule has 0 heterocycles. The van der Waals surface area contributed by atoms with E-state index < -0.39 is 30.5 Å². The minimum Gasteiger partial charge on any atom is -0.396 e. The average Bonchev–Trinajstić information content (AvgIpc) is 2.23. The molecule has 0 aliphatic carbocycles. The van der Waals surface area contributed by atoms with Gasteiger partial charge in [0.25, 0.3) is 0 Å². The van der Waals surface area contributed by atoms with Crippen LogP contribution in [0.25, 0.3) is 0 Å². The Kier molecular flexibility index (Phi) is 6.17. The van der Waals surface area contributed by atoms with Crippen molar-refractivity contribution in [3.05, 3.63) is 0 Å². The van der Waals surface area contributed by atoms with Crippen molar-refractivity contribution >= 4 is 0 Å². The van der Waals surface area contributed by atoms with Crippen molar-refractivity contribution in [2.45, 2.75) is 31.5 Å². The Hall–Kier alpha value is -0.240. The molecule has 5 N–H and O–H groups in total. The summed E-state index contributed by atoms with van der Waals surface area (Å²) in [5.74, 6) is -0.594. The lowest BCUT2D eigenvalue weighted by molar-refractivity contribution is -0.196. The Morgan fingerprint density at radius 1 is 1.00 bits per heavy atom. The van der Waals surface area contributed by atoms with Gasteiger partial charge in [0, 0.05) is 19.6 Å². The maximum atomic E-state index is 9.36. The lowest BCUT2D eigenvalue weighted by Crippen LogP contribution is -2.47. The second-order valence-corrected chi connectivity index (χ2v) is 3.26. The largest absolute Gasteiger partial charge is 0.396 e. The molecule has 0 spiro atoms. The van der Waals surface area contributed by atoms with Gasteiger partial charge in [-0.2, -0.15) is 0 Å². The maximum Gasteiger partial charge on any atom is 0.183 e. The van der Waals surface area contributed by atoms with Gasteiger partial charge in [0.2, 0.25) is 0 Å². The van der Waals surface area contributed by atoms with Crippen LogP contribution >= 0.6 is 0 Å². The number of aliphatic hydroxyl groups is 5. The number of hydrogen-bond acceptors (Lipinski definition) is 6. The number of aliphatic hydroxyl groups excluding tert-OH is 5. The van der Waals surface area contributed by atoms with Crippen LogP contribution in [0.1, 0.15) is 6.92 Å². The molecule has 0 aromatic heterocycles. The highest BCUT2D eigenvalue weighted by atomic mass is 16.6. The third-order valence-corrected chi connectivity index (χ3v) is 2.10. The number of rotatable bonds is 6. The summed E-state index contributed by atoms with van der Waals surface area (Å²) in [6.45, 7) is 1.17. The Morgan fingerprint density at radius 2 is 1.50 bits per heavy atom. The van der Waals surface area contributed by atoms with Crippen molar-refractivity contribution in [3.8, 4) is 0 Å². The number of hydrogen-bond donors (Lipinski definition) is 5. The van der Waals surface area contributed by atoms with Gasteiger partial charge in [0.05, 0.1) is 6.10 Å². The van der Waals surface area contributed by atoms with Gasteiger partial charge >= 0.3 is 0 Å². The molecule has 0 rings (SSSR count). The molecule has 0 amide bonds. The number of methoxy groups -OCH3 is 1. The molecule has 86 valence electrons. The second-order valence-electron chi connectivity index (χ2n) is 3.26. The van der Waals surface area contributed by atoms with Crippen LogP contribution in [-0.2, 0) is 4.74 Å². The van der Waals surface area contributed by atoms with Crippen LogP contribution in [0.3, 0.4) is 0 Å². The zero-order valence-corrected chi connectivity index (χ0v) is 8.24. The van der Waals surface area contributed by atoms with E-state index >= 15 is 0 Å². The first-order valence-electron chi connectivity index (χ1n) is 4.31.